The molecule has 0 aliphatic rings. The molecule has 0 aliphatic heterocycles. The summed E-state index contributed by atoms with van der Waals surface area (Å²) in [5.74, 6) is -0.651. The average Bonchev–Trinajstić information content (AvgIpc) is 3.32. The molecule has 9 heteroatoms. The minimum atomic E-state index is -0.453. The summed E-state index contributed by atoms with van der Waals surface area (Å²) in [6.07, 6.45) is 5.24. The van der Waals surface area contributed by atoms with Crippen molar-refractivity contribution in [1.82, 2.24) is 29.9 Å². The summed E-state index contributed by atoms with van der Waals surface area (Å²) in [4.78, 5) is 18.5. The lowest BCUT2D eigenvalue weighted by molar-refractivity contribution is -0.119. The lowest BCUT2D eigenvalue weighted by atomic mass is 10.0. The van der Waals surface area contributed by atoms with Crippen molar-refractivity contribution in [2.24, 2.45) is 7.05 Å². The highest BCUT2D eigenvalue weighted by molar-refractivity contribution is 5.96. The van der Waals surface area contributed by atoms with Gasteiger partial charge in [-0.15, -0.1) is 0 Å². The lowest BCUT2D eigenvalue weighted by Gasteiger charge is -2.19. The number of rotatable bonds is 5. The van der Waals surface area contributed by atoms with Gasteiger partial charge in [-0.05, 0) is 51.7 Å². The van der Waals surface area contributed by atoms with E-state index in [1.807, 2.05) is 33.4 Å². The number of aryl methyl sites for hydroxylation is 2. The smallest absolute Gasteiger partial charge is 0.241 e. The number of pyridine rings is 1. The number of aromatic nitrogens is 5. The van der Waals surface area contributed by atoms with Crippen molar-refractivity contribution < 1.29 is 9.18 Å². The third-order valence-electron chi connectivity index (χ3n) is 5.39. The van der Waals surface area contributed by atoms with Crippen LogP contribution in [0.3, 0.4) is 0 Å². The van der Waals surface area contributed by atoms with Crippen LogP contribution in [0.4, 0.5) is 10.1 Å². The number of likely N-dealkylation sites (N-methyl/N-ethyl adjacent to an activating group) is 1. The Hall–Kier alpha value is -3.59. The van der Waals surface area contributed by atoms with Crippen LogP contribution in [-0.2, 0) is 11.8 Å². The van der Waals surface area contributed by atoms with E-state index in [4.69, 9.17) is 0 Å². The van der Waals surface area contributed by atoms with Gasteiger partial charge in [-0.1, -0.05) is 0 Å². The Morgan fingerprint density at radius 1 is 1.26 bits per heavy atom. The summed E-state index contributed by atoms with van der Waals surface area (Å²) in [6.45, 7) is 3.59. The molecule has 0 saturated heterocycles. The van der Waals surface area contributed by atoms with E-state index in [0.717, 1.165) is 22.2 Å². The molecule has 0 radical (unpaired) electrons. The third-order valence-corrected chi connectivity index (χ3v) is 5.39. The van der Waals surface area contributed by atoms with Crippen LogP contribution < -0.4 is 5.32 Å². The molecular formula is C22H24FN7O. The highest BCUT2D eigenvalue weighted by Crippen LogP contribution is 2.32. The molecule has 0 fully saturated rings. The first-order chi connectivity index (χ1) is 14.7. The Morgan fingerprint density at radius 2 is 2.03 bits per heavy atom. The van der Waals surface area contributed by atoms with Gasteiger partial charge in [0.15, 0.2) is 0 Å². The second-order valence-corrected chi connectivity index (χ2v) is 7.87. The number of H-pyrrole nitrogens is 1. The van der Waals surface area contributed by atoms with E-state index in [0.29, 0.717) is 22.5 Å². The summed E-state index contributed by atoms with van der Waals surface area (Å²) in [5.41, 5.74) is 4.31. The highest BCUT2D eigenvalue weighted by atomic mass is 19.1. The van der Waals surface area contributed by atoms with Gasteiger partial charge in [-0.3, -0.25) is 24.5 Å². The Morgan fingerprint density at radius 3 is 2.68 bits per heavy atom. The predicted molar refractivity (Wildman–Crippen MR) is 118 cm³/mol. The Balaban J connectivity index is 1.72. The molecule has 3 aromatic heterocycles. The van der Waals surface area contributed by atoms with Gasteiger partial charge in [-0.2, -0.15) is 10.2 Å². The Labute approximate surface area is 179 Å². The predicted octanol–water partition coefficient (Wildman–Crippen LogP) is 3.36. The molecule has 3 heterocycles. The number of nitrogens with one attached hydrogen (secondary N) is 2. The number of amides is 1. The van der Waals surface area contributed by atoms with Gasteiger partial charge < -0.3 is 5.32 Å². The zero-order chi connectivity index (χ0) is 22.3. The van der Waals surface area contributed by atoms with Crippen molar-refractivity contribution in [3.8, 4) is 22.5 Å². The first-order valence-corrected chi connectivity index (χ1v) is 9.85. The van der Waals surface area contributed by atoms with Crippen molar-refractivity contribution in [1.29, 1.82) is 0 Å². The number of anilines is 1. The molecule has 31 heavy (non-hydrogen) atoms. The first kappa shape index (κ1) is 20.7. The number of nitrogens with zero attached hydrogens (tertiary/aromatic N) is 5. The molecule has 0 aliphatic carbocycles. The molecule has 4 aromatic rings. The van der Waals surface area contributed by atoms with E-state index >= 15 is 4.39 Å². The van der Waals surface area contributed by atoms with Crippen molar-refractivity contribution in [2.75, 3.05) is 19.4 Å². The molecular weight excluding hydrogens is 397 g/mol. The lowest BCUT2D eigenvalue weighted by Crippen LogP contribution is -2.37. The Kier molecular flexibility index (Phi) is 5.28. The fourth-order valence-electron chi connectivity index (χ4n) is 3.44. The summed E-state index contributed by atoms with van der Waals surface area (Å²) < 4.78 is 16.8. The van der Waals surface area contributed by atoms with Gasteiger partial charge in [0.1, 0.15) is 11.5 Å². The minimum absolute atomic E-state index is 0.199. The van der Waals surface area contributed by atoms with Crippen LogP contribution in [0.2, 0.25) is 0 Å². The van der Waals surface area contributed by atoms with E-state index < -0.39 is 5.82 Å². The molecule has 160 valence electrons. The van der Waals surface area contributed by atoms with E-state index in [1.54, 1.807) is 41.9 Å². The van der Waals surface area contributed by atoms with Gasteiger partial charge in [-0.25, -0.2) is 4.39 Å². The van der Waals surface area contributed by atoms with E-state index in [2.05, 4.69) is 25.6 Å². The Bertz CT molecular complexity index is 1250. The second-order valence-electron chi connectivity index (χ2n) is 7.87. The molecule has 0 bridgehead atoms. The molecule has 0 spiro atoms. The SMILES string of the molecule is Cc1cc(NC(=O)C(C)N(C)C)cc(F)c1-c1cc2c(-c3cnn(C)c3)n[nH]c2cn1. The summed E-state index contributed by atoms with van der Waals surface area (Å²) >= 11 is 0. The molecule has 0 saturated carbocycles. The fraction of sp³-hybridized carbons (Fsp3) is 0.273. The summed E-state index contributed by atoms with van der Waals surface area (Å²) in [6, 6.07) is 4.56. The third kappa shape index (κ3) is 3.91. The highest BCUT2D eigenvalue weighted by Gasteiger charge is 2.19. The van der Waals surface area contributed by atoms with Crippen LogP contribution in [0.25, 0.3) is 33.4 Å². The second kappa shape index (κ2) is 7.92. The molecule has 1 amide bonds. The normalized spacial score (nSPS) is 12.5. The van der Waals surface area contributed by atoms with E-state index in [1.165, 1.54) is 6.07 Å². The fourth-order valence-corrected chi connectivity index (χ4v) is 3.44. The number of fused-ring (bicyclic) bond motifs is 1. The van der Waals surface area contributed by atoms with Crippen LogP contribution in [0.1, 0.15) is 12.5 Å². The van der Waals surface area contributed by atoms with Crippen LogP contribution >= 0.6 is 0 Å². The molecule has 8 nitrogen and oxygen atoms in total. The molecule has 4 rings (SSSR count). The van der Waals surface area contributed by atoms with Gasteiger partial charge in [0.05, 0.1) is 29.6 Å². The monoisotopic (exact) mass is 421 g/mol. The largest absolute Gasteiger partial charge is 0.325 e. The van der Waals surface area contributed by atoms with Gasteiger partial charge in [0.2, 0.25) is 5.91 Å². The number of benzene rings is 1. The zero-order valence-corrected chi connectivity index (χ0v) is 18.1. The quantitative estimate of drug-likeness (QED) is 0.516. The topological polar surface area (TPSA) is 91.7 Å². The van der Waals surface area contributed by atoms with Crippen LogP contribution in [0.15, 0.2) is 36.8 Å². The zero-order valence-electron chi connectivity index (χ0n) is 18.1. The summed E-state index contributed by atoms with van der Waals surface area (Å²) in [7, 11) is 5.47. The van der Waals surface area contributed by atoms with Gasteiger partial charge in [0.25, 0.3) is 0 Å². The van der Waals surface area contributed by atoms with Crippen molar-refractivity contribution in [3.05, 3.63) is 48.2 Å². The van der Waals surface area contributed by atoms with E-state index in [-0.39, 0.29) is 11.9 Å². The van der Waals surface area contributed by atoms with Crippen molar-refractivity contribution in [3.63, 3.8) is 0 Å². The van der Waals surface area contributed by atoms with Gasteiger partial charge in [0, 0.05) is 35.4 Å². The van der Waals surface area contributed by atoms with Gasteiger partial charge >= 0.3 is 0 Å². The molecule has 1 aromatic carbocycles. The molecule has 2 N–H and O–H groups in total. The average molecular weight is 421 g/mol. The number of aromatic amines is 1. The number of halogens is 1. The van der Waals surface area contributed by atoms with Crippen LogP contribution in [0, 0.1) is 12.7 Å². The molecule has 1 atom stereocenters. The minimum Gasteiger partial charge on any atom is -0.325 e. The number of hydrogen-bond acceptors (Lipinski definition) is 5. The van der Waals surface area contributed by atoms with Crippen LogP contribution in [-0.4, -0.2) is 55.9 Å². The molecule has 1 unspecified atom stereocenters. The maximum atomic E-state index is 15.1. The number of hydrogen-bond donors (Lipinski definition) is 2. The van der Waals surface area contributed by atoms with Crippen molar-refractivity contribution in [2.45, 2.75) is 19.9 Å². The number of carbonyl (C=O) groups excluding carboxylic acids is 1. The number of carbonyl (C=O) groups is 1. The van der Waals surface area contributed by atoms with Crippen molar-refractivity contribution >= 4 is 22.5 Å². The van der Waals surface area contributed by atoms with E-state index in [9.17, 15) is 4.79 Å². The maximum Gasteiger partial charge on any atom is 0.241 e. The summed E-state index contributed by atoms with van der Waals surface area (Å²) in [5, 5.41) is 15.1. The van der Waals surface area contributed by atoms with Crippen LogP contribution in [0.5, 0.6) is 0 Å². The standard InChI is InChI=1S/C22H24FN7O/c1-12-6-15(26-22(31)13(2)29(3)4)7-17(23)20(12)18-8-16-19(10-24-18)27-28-21(16)14-9-25-30(5)11-14/h6-11,13H,1-5H3,(H,26,31)(H,27,28). The maximum absolute atomic E-state index is 15.1. The first-order valence-electron chi connectivity index (χ1n) is 9.85.